The van der Waals surface area contributed by atoms with Crippen LogP contribution >= 0.6 is 15.9 Å². The van der Waals surface area contributed by atoms with Gasteiger partial charge in [-0.1, -0.05) is 0 Å². The largest absolute Gasteiger partial charge is 0.464 e. The number of carboxylic acid groups (broad SMARTS) is 1. The number of nitrogens with zero attached hydrogens (tertiary/aromatic N) is 3. The van der Waals surface area contributed by atoms with Crippen molar-refractivity contribution in [3.05, 3.63) is 28.5 Å². The lowest BCUT2D eigenvalue weighted by Gasteiger charge is -2.17. The number of rotatable bonds is 1. The van der Waals surface area contributed by atoms with Crippen molar-refractivity contribution >= 4 is 39.0 Å². The molecule has 0 saturated heterocycles. The summed E-state index contributed by atoms with van der Waals surface area (Å²) in [6, 6.07) is 4.10. The molecule has 1 N–H and O–H groups in total. The molecule has 2 heterocycles. The van der Waals surface area contributed by atoms with Crippen molar-refractivity contribution in [2.45, 2.75) is 51.6 Å². The maximum Gasteiger partial charge on any atom is 0.417 e. The Labute approximate surface area is 159 Å². The molecule has 0 aromatic carbocycles. The lowest BCUT2D eigenvalue weighted by molar-refractivity contribution is -0.151. The summed E-state index contributed by atoms with van der Waals surface area (Å²) < 4.78 is 6.65. The van der Waals surface area contributed by atoms with Crippen molar-refractivity contribution in [2.24, 2.45) is 0 Å². The van der Waals surface area contributed by atoms with Crippen LogP contribution in [0.2, 0.25) is 0 Å². The molecule has 0 bridgehead atoms. The molecule has 0 aliphatic heterocycles. The van der Waals surface area contributed by atoms with Gasteiger partial charge in [-0.05, 0) is 55.6 Å². The van der Waals surface area contributed by atoms with E-state index in [0.29, 0.717) is 5.65 Å². The van der Waals surface area contributed by atoms with Crippen molar-refractivity contribution in [1.82, 2.24) is 9.55 Å². The Bertz CT molecular complexity index is 902. The van der Waals surface area contributed by atoms with Crippen molar-refractivity contribution in [3.63, 3.8) is 0 Å². The molecular formula is C18H20BrN3O4. The van der Waals surface area contributed by atoms with Gasteiger partial charge in [-0.2, -0.15) is 5.26 Å². The number of esters is 1. The van der Waals surface area contributed by atoms with Crippen LogP contribution in [0.4, 0.5) is 4.79 Å². The van der Waals surface area contributed by atoms with Crippen LogP contribution in [-0.4, -0.2) is 32.3 Å². The second-order valence-corrected chi connectivity index (χ2v) is 8.04. The number of fused-ring (bicyclic) bond motifs is 1. The Morgan fingerprint density at radius 2 is 2.04 bits per heavy atom. The van der Waals surface area contributed by atoms with Crippen LogP contribution in [0.15, 0.2) is 22.9 Å². The Morgan fingerprint density at radius 3 is 2.42 bits per heavy atom. The monoisotopic (exact) mass is 421 g/mol. The van der Waals surface area contributed by atoms with Crippen molar-refractivity contribution in [3.8, 4) is 6.07 Å². The minimum absolute atomic E-state index is 0.225. The van der Waals surface area contributed by atoms with E-state index in [-0.39, 0.29) is 11.6 Å². The van der Waals surface area contributed by atoms with Crippen LogP contribution in [0, 0.1) is 11.3 Å². The van der Waals surface area contributed by atoms with Crippen LogP contribution in [0.3, 0.4) is 0 Å². The van der Waals surface area contributed by atoms with Gasteiger partial charge in [0.1, 0.15) is 11.2 Å². The molecule has 7 nitrogen and oxygen atoms in total. The summed E-state index contributed by atoms with van der Waals surface area (Å²) >= 11 is 3.32. The highest BCUT2D eigenvalue weighted by Crippen LogP contribution is 2.50. The van der Waals surface area contributed by atoms with Crippen molar-refractivity contribution < 1.29 is 19.4 Å². The van der Waals surface area contributed by atoms with Crippen LogP contribution in [0.5, 0.6) is 0 Å². The van der Waals surface area contributed by atoms with E-state index in [4.69, 9.17) is 9.84 Å². The van der Waals surface area contributed by atoms with Crippen LogP contribution in [-0.2, 0) is 14.9 Å². The van der Waals surface area contributed by atoms with E-state index in [1.807, 2.05) is 26.8 Å². The molecule has 2 aromatic heterocycles. The number of carbonyl (C=O) groups excluding carboxylic acids is 1. The summed E-state index contributed by atoms with van der Waals surface area (Å²) in [7, 11) is 0. The molecule has 0 radical (unpaired) electrons. The van der Waals surface area contributed by atoms with Gasteiger partial charge < -0.3 is 9.84 Å². The summed E-state index contributed by atoms with van der Waals surface area (Å²) in [5.74, 6) is -0.225. The molecule has 0 spiro atoms. The molecule has 1 aliphatic carbocycles. The number of hydrogen-bond donors (Lipinski definition) is 1. The van der Waals surface area contributed by atoms with Crippen LogP contribution in [0.25, 0.3) is 11.0 Å². The van der Waals surface area contributed by atoms with Gasteiger partial charge in [-0.25, -0.2) is 14.3 Å². The molecular weight excluding hydrogens is 402 g/mol. The average Bonchev–Trinajstić information content (AvgIpc) is 3.19. The number of aromatic nitrogens is 2. The number of ether oxygens (including phenoxy) is 1. The maximum absolute atomic E-state index is 11.2. The number of pyridine rings is 1. The molecule has 26 heavy (non-hydrogen) atoms. The van der Waals surface area contributed by atoms with E-state index in [2.05, 4.69) is 27.0 Å². The molecule has 1 aliphatic rings. The third-order valence-corrected chi connectivity index (χ3v) is 4.18. The van der Waals surface area contributed by atoms with E-state index in [0.717, 1.165) is 32.8 Å². The first-order chi connectivity index (χ1) is 12.0. The van der Waals surface area contributed by atoms with E-state index >= 15 is 0 Å². The molecule has 0 amide bonds. The van der Waals surface area contributed by atoms with Gasteiger partial charge in [-0.15, -0.1) is 0 Å². The lowest BCUT2D eigenvalue weighted by Crippen LogP contribution is -2.21. The summed E-state index contributed by atoms with van der Waals surface area (Å²) in [5.41, 5.74) is 0.284. The summed E-state index contributed by atoms with van der Waals surface area (Å²) in [4.78, 5) is 25.5. The second kappa shape index (κ2) is 7.08. The Kier molecular flexibility index (Phi) is 5.42. The molecule has 0 atom stereocenters. The summed E-state index contributed by atoms with van der Waals surface area (Å²) in [5, 5.41) is 19.1. The molecule has 138 valence electrons. The normalized spacial score (nSPS) is 14.8. The molecule has 2 aromatic rings. The molecule has 8 heteroatoms. The highest BCUT2D eigenvalue weighted by molar-refractivity contribution is 9.10. The number of carbonyl (C=O) groups is 2. The van der Waals surface area contributed by atoms with Crippen LogP contribution in [0.1, 0.15) is 46.1 Å². The first-order valence-corrected chi connectivity index (χ1v) is 8.79. The zero-order valence-electron chi connectivity index (χ0n) is 15.0. The quantitative estimate of drug-likeness (QED) is 0.690. The zero-order chi connectivity index (χ0) is 19.7. The molecule has 0 unspecified atom stereocenters. The fraction of sp³-hybridized carbons (Fsp3) is 0.444. The van der Waals surface area contributed by atoms with E-state index in [1.54, 1.807) is 6.20 Å². The zero-order valence-corrected chi connectivity index (χ0v) is 16.6. The second-order valence-electron chi connectivity index (χ2n) is 7.12. The van der Waals surface area contributed by atoms with Gasteiger partial charge in [0, 0.05) is 34.7 Å². The van der Waals surface area contributed by atoms with Gasteiger partial charge in [-0.3, -0.25) is 4.79 Å². The highest BCUT2D eigenvalue weighted by atomic mass is 79.9. The summed E-state index contributed by atoms with van der Waals surface area (Å²) in [6.45, 7) is 6.93. The van der Waals surface area contributed by atoms with Gasteiger partial charge in [0.2, 0.25) is 0 Å². The Morgan fingerprint density at radius 1 is 1.42 bits per heavy atom. The lowest BCUT2D eigenvalue weighted by atomic mass is 9.98. The van der Waals surface area contributed by atoms with Gasteiger partial charge in [0.25, 0.3) is 0 Å². The van der Waals surface area contributed by atoms with Gasteiger partial charge >= 0.3 is 12.1 Å². The average molecular weight is 422 g/mol. The van der Waals surface area contributed by atoms with Gasteiger partial charge in [0.15, 0.2) is 0 Å². The minimum atomic E-state index is -1.09. The predicted octanol–water partition coefficient (Wildman–Crippen LogP) is 4.23. The van der Waals surface area contributed by atoms with E-state index in [1.165, 1.54) is 13.1 Å². The number of halogens is 1. The van der Waals surface area contributed by atoms with E-state index in [9.17, 15) is 14.9 Å². The third kappa shape index (κ3) is 4.41. The maximum atomic E-state index is 11.2. The van der Waals surface area contributed by atoms with Gasteiger partial charge in [0.05, 0.1) is 11.5 Å². The number of nitriles is 1. The fourth-order valence-corrected chi connectivity index (χ4v) is 2.94. The minimum Gasteiger partial charge on any atom is -0.464 e. The highest BCUT2D eigenvalue weighted by Gasteiger charge is 2.47. The van der Waals surface area contributed by atoms with Crippen molar-refractivity contribution in [1.29, 1.82) is 5.26 Å². The molecule has 3 rings (SSSR count). The van der Waals surface area contributed by atoms with E-state index < -0.39 is 11.5 Å². The first-order valence-electron chi connectivity index (χ1n) is 8.00. The van der Waals surface area contributed by atoms with Crippen LogP contribution < -0.4 is 0 Å². The third-order valence-electron chi connectivity index (χ3n) is 3.75. The number of hydrogen-bond acceptors (Lipinski definition) is 5. The standard InChI is InChI=1S/C12H8BrN3O2.C6H12O2/c13-7-3-8-9(12(6-14)1-2-12)5-16(11(17)18)10(8)15-4-7;1-5(7)8-6(2,3)4/h3-5H,1-2H2,(H,17,18);1-4H3. The first kappa shape index (κ1) is 19.9. The Hall–Kier alpha value is -2.40. The SMILES string of the molecule is CC(=O)OC(C)(C)C.N#CC1(c2cn(C(=O)O)c3ncc(Br)cc23)CC1. The summed E-state index contributed by atoms with van der Waals surface area (Å²) in [6.07, 6.45) is 3.53. The smallest absolute Gasteiger partial charge is 0.417 e. The Balaban J connectivity index is 0.000000260. The van der Waals surface area contributed by atoms with Crippen molar-refractivity contribution in [2.75, 3.05) is 0 Å². The molecule has 1 fully saturated rings. The predicted molar refractivity (Wildman–Crippen MR) is 98.9 cm³/mol. The fourth-order valence-electron chi connectivity index (χ4n) is 2.61. The topological polar surface area (TPSA) is 105 Å². The molecule has 1 saturated carbocycles.